The first kappa shape index (κ1) is 22.2. The minimum Gasteiger partial charge on any atom is -0.480 e. The summed E-state index contributed by atoms with van der Waals surface area (Å²) < 4.78 is 0. The van der Waals surface area contributed by atoms with E-state index in [2.05, 4.69) is 0 Å². The molecule has 2 aliphatic heterocycles. The van der Waals surface area contributed by atoms with Crippen LogP contribution in [0.1, 0.15) is 50.6 Å². The van der Waals surface area contributed by atoms with Gasteiger partial charge in [0.05, 0.1) is 17.6 Å². The number of hydrogen-bond acceptors (Lipinski definition) is 5. The number of aliphatic hydroxyl groups is 1. The number of benzene rings is 1. The van der Waals surface area contributed by atoms with Gasteiger partial charge in [-0.25, -0.2) is 0 Å². The lowest BCUT2D eigenvalue weighted by atomic mass is 9.69. The number of likely N-dealkylation sites (N-methyl/N-ethyl adjacent to an activating group) is 1. The average Bonchev–Trinajstić information content (AvgIpc) is 2.74. The quantitative estimate of drug-likeness (QED) is 0.638. The van der Waals surface area contributed by atoms with Crippen molar-refractivity contribution in [2.75, 3.05) is 19.6 Å². The molecule has 4 N–H and O–H groups in total. The van der Waals surface area contributed by atoms with Crippen LogP contribution in [-0.2, 0) is 14.4 Å². The molecule has 0 aliphatic carbocycles. The van der Waals surface area contributed by atoms with Crippen LogP contribution in [0.15, 0.2) is 30.3 Å². The van der Waals surface area contributed by atoms with Crippen molar-refractivity contribution in [3.8, 4) is 0 Å². The van der Waals surface area contributed by atoms with E-state index in [0.717, 1.165) is 5.56 Å². The normalized spacial score (nSPS) is 27.9. The molecule has 2 amide bonds. The van der Waals surface area contributed by atoms with Crippen molar-refractivity contribution >= 4 is 17.8 Å². The molecule has 4 atom stereocenters. The maximum Gasteiger partial charge on any atom is 0.320 e. The lowest BCUT2D eigenvalue weighted by molar-refractivity contribution is -0.166. The summed E-state index contributed by atoms with van der Waals surface area (Å²) in [7, 11) is 0. The van der Waals surface area contributed by atoms with Gasteiger partial charge in [0.25, 0.3) is 0 Å². The number of carbonyl (C=O) groups is 3. The molecule has 0 bridgehead atoms. The van der Waals surface area contributed by atoms with E-state index in [1.54, 1.807) is 9.80 Å². The van der Waals surface area contributed by atoms with Crippen LogP contribution in [0.3, 0.4) is 0 Å². The molecular weight excluding hydrogens is 386 g/mol. The topological polar surface area (TPSA) is 124 Å². The Morgan fingerprint density at radius 3 is 2.63 bits per heavy atom. The van der Waals surface area contributed by atoms with Crippen LogP contribution in [0.5, 0.6) is 0 Å². The van der Waals surface area contributed by atoms with Crippen molar-refractivity contribution in [2.45, 2.75) is 57.2 Å². The van der Waals surface area contributed by atoms with Crippen molar-refractivity contribution in [3.63, 3.8) is 0 Å². The van der Waals surface area contributed by atoms with Crippen LogP contribution >= 0.6 is 0 Å². The Morgan fingerprint density at radius 1 is 1.30 bits per heavy atom. The van der Waals surface area contributed by atoms with E-state index < -0.39 is 29.6 Å². The molecule has 3 rings (SSSR count). The smallest absolute Gasteiger partial charge is 0.320 e. The molecule has 8 nitrogen and oxygen atoms in total. The van der Waals surface area contributed by atoms with Gasteiger partial charge in [-0.2, -0.15) is 0 Å². The third kappa shape index (κ3) is 4.34. The van der Waals surface area contributed by atoms with Gasteiger partial charge in [0.1, 0.15) is 6.04 Å². The molecule has 30 heavy (non-hydrogen) atoms. The van der Waals surface area contributed by atoms with E-state index in [1.807, 2.05) is 37.3 Å². The van der Waals surface area contributed by atoms with Gasteiger partial charge >= 0.3 is 5.97 Å². The van der Waals surface area contributed by atoms with Gasteiger partial charge in [-0.15, -0.1) is 0 Å². The first-order valence-corrected chi connectivity index (χ1v) is 10.6. The number of hydrogen-bond donors (Lipinski definition) is 3. The van der Waals surface area contributed by atoms with Crippen LogP contribution in [-0.4, -0.2) is 69.6 Å². The highest BCUT2D eigenvalue weighted by molar-refractivity contribution is 5.86. The molecule has 2 heterocycles. The van der Waals surface area contributed by atoms with Crippen LogP contribution in [0, 0.1) is 5.41 Å². The monoisotopic (exact) mass is 417 g/mol. The standard InChI is InChI=1S/C22H31N3O5/c1-2-25-19(15-7-4-3-5-8-15)17(26)13-22(21(25)30)11-6-12-24(14-22)18(27)10-9-16(23)20(28)29/h3-5,7-8,16-17,19,26H,2,6,9-14,23H2,1H3,(H,28,29)/t16-,17-,19+,22+/m1/s1. The van der Waals surface area contributed by atoms with Gasteiger partial charge in [0, 0.05) is 26.1 Å². The van der Waals surface area contributed by atoms with E-state index in [-0.39, 0.29) is 31.2 Å². The average molecular weight is 418 g/mol. The molecular formula is C22H31N3O5. The summed E-state index contributed by atoms with van der Waals surface area (Å²) in [5, 5.41) is 20.0. The van der Waals surface area contributed by atoms with Crippen LogP contribution in [0.25, 0.3) is 0 Å². The number of amides is 2. The van der Waals surface area contributed by atoms with Crippen molar-refractivity contribution in [1.29, 1.82) is 0 Å². The highest BCUT2D eigenvalue weighted by Gasteiger charge is 2.53. The largest absolute Gasteiger partial charge is 0.480 e. The van der Waals surface area contributed by atoms with Gasteiger partial charge in [-0.05, 0) is 38.2 Å². The number of likely N-dealkylation sites (tertiary alicyclic amines) is 2. The molecule has 2 aliphatic rings. The fraction of sp³-hybridized carbons (Fsp3) is 0.591. The second-order valence-corrected chi connectivity index (χ2v) is 8.40. The summed E-state index contributed by atoms with van der Waals surface area (Å²) in [4.78, 5) is 40.5. The van der Waals surface area contributed by atoms with Crippen LogP contribution in [0.2, 0.25) is 0 Å². The highest BCUT2D eigenvalue weighted by atomic mass is 16.4. The third-order valence-electron chi connectivity index (χ3n) is 6.41. The Kier molecular flexibility index (Phi) is 6.77. The van der Waals surface area contributed by atoms with Crippen molar-refractivity contribution in [3.05, 3.63) is 35.9 Å². The number of nitrogens with zero attached hydrogens (tertiary/aromatic N) is 2. The Labute approximate surface area is 176 Å². The first-order valence-electron chi connectivity index (χ1n) is 10.6. The fourth-order valence-electron chi connectivity index (χ4n) is 4.88. The number of carboxylic acids is 1. The Bertz CT molecular complexity index is 786. The Balaban J connectivity index is 1.76. The molecule has 0 radical (unpaired) electrons. The minimum absolute atomic E-state index is 0.0242. The predicted octanol–water partition coefficient (Wildman–Crippen LogP) is 1.14. The lowest BCUT2D eigenvalue weighted by Gasteiger charge is -2.51. The van der Waals surface area contributed by atoms with E-state index in [0.29, 0.717) is 32.4 Å². The molecule has 1 aromatic carbocycles. The Morgan fingerprint density at radius 2 is 2.00 bits per heavy atom. The molecule has 164 valence electrons. The Hall–Kier alpha value is -2.45. The molecule has 8 heteroatoms. The van der Waals surface area contributed by atoms with Crippen LogP contribution in [0.4, 0.5) is 0 Å². The van der Waals surface area contributed by atoms with E-state index in [9.17, 15) is 19.5 Å². The zero-order valence-corrected chi connectivity index (χ0v) is 17.4. The molecule has 1 aromatic rings. The number of piperidine rings is 2. The second kappa shape index (κ2) is 9.14. The first-order chi connectivity index (χ1) is 14.3. The zero-order chi connectivity index (χ0) is 21.9. The number of carbonyl (C=O) groups excluding carboxylic acids is 2. The summed E-state index contributed by atoms with van der Waals surface area (Å²) >= 11 is 0. The summed E-state index contributed by atoms with van der Waals surface area (Å²) in [5.74, 6) is -1.35. The number of aliphatic carboxylic acids is 1. The number of rotatable bonds is 6. The fourth-order valence-corrected chi connectivity index (χ4v) is 4.88. The maximum absolute atomic E-state index is 13.6. The van der Waals surface area contributed by atoms with Gasteiger partial charge in [-0.1, -0.05) is 30.3 Å². The minimum atomic E-state index is -1.13. The van der Waals surface area contributed by atoms with Crippen molar-refractivity contribution in [1.82, 2.24) is 9.80 Å². The van der Waals surface area contributed by atoms with Crippen molar-refractivity contribution in [2.24, 2.45) is 11.1 Å². The number of nitrogens with two attached hydrogens (primary N) is 1. The van der Waals surface area contributed by atoms with Crippen LogP contribution < -0.4 is 5.73 Å². The second-order valence-electron chi connectivity index (χ2n) is 8.40. The summed E-state index contributed by atoms with van der Waals surface area (Å²) in [5.41, 5.74) is 5.62. The van der Waals surface area contributed by atoms with E-state index >= 15 is 0 Å². The van der Waals surface area contributed by atoms with Gasteiger partial charge < -0.3 is 25.7 Å². The lowest BCUT2D eigenvalue weighted by Crippen LogP contribution is -2.61. The molecule has 2 saturated heterocycles. The highest BCUT2D eigenvalue weighted by Crippen LogP contribution is 2.45. The number of carboxylic acid groups (broad SMARTS) is 1. The molecule has 0 saturated carbocycles. The maximum atomic E-state index is 13.6. The SMILES string of the molecule is CCN1C(=O)[C@@]2(CCCN(C(=O)CC[C@@H](N)C(=O)O)C2)C[C@@H](O)[C@@H]1c1ccccc1. The van der Waals surface area contributed by atoms with Crippen molar-refractivity contribution < 1.29 is 24.6 Å². The van der Waals surface area contributed by atoms with Gasteiger partial charge in [-0.3, -0.25) is 14.4 Å². The third-order valence-corrected chi connectivity index (χ3v) is 6.41. The summed E-state index contributed by atoms with van der Waals surface area (Å²) in [6.45, 7) is 3.15. The predicted molar refractivity (Wildman–Crippen MR) is 110 cm³/mol. The zero-order valence-electron chi connectivity index (χ0n) is 17.4. The molecule has 0 unspecified atom stereocenters. The summed E-state index contributed by atoms with van der Waals surface area (Å²) in [6.07, 6.45) is 0.971. The van der Waals surface area contributed by atoms with E-state index in [1.165, 1.54) is 0 Å². The van der Waals surface area contributed by atoms with Gasteiger partial charge in [0.2, 0.25) is 11.8 Å². The van der Waals surface area contributed by atoms with Gasteiger partial charge in [0.15, 0.2) is 0 Å². The molecule has 0 aromatic heterocycles. The number of aliphatic hydroxyl groups excluding tert-OH is 1. The molecule has 2 fully saturated rings. The summed E-state index contributed by atoms with van der Waals surface area (Å²) in [6, 6.07) is 8.07. The van der Waals surface area contributed by atoms with E-state index in [4.69, 9.17) is 10.8 Å². The molecule has 1 spiro atoms.